The van der Waals surface area contributed by atoms with Gasteiger partial charge in [-0.25, -0.2) is 4.79 Å². The van der Waals surface area contributed by atoms with Crippen molar-refractivity contribution in [2.75, 3.05) is 13.7 Å². The van der Waals surface area contributed by atoms with E-state index in [1.165, 1.54) is 64.3 Å². The highest BCUT2D eigenvalue weighted by molar-refractivity contribution is 5.92. The second-order valence-corrected chi connectivity index (χ2v) is 17.8. The Kier molecular flexibility index (Phi) is 15.9. The van der Waals surface area contributed by atoms with E-state index >= 15 is 0 Å². The fourth-order valence-electron chi connectivity index (χ4n) is 8.62. The maximum atomic E-state index is 14.7. The third kappa shape index (κ3) is 10.4. The monoisotopic (exact) mass is 1020 g/mol. The fourth-order valence-corrected chi connectivity index (χ4v) is 8.62. The summed E-state index contributed by atoms with van der Waals surface area (Å²) in [6, 6.07) is 13.3. The Morgan fingerprint density at radius 1 is 0.611 bits per heavy atom. The van der Waals surface area contributed by atoms with Gasteiger partial charge in [0.2, 0.25) is 23.8 Å². The lowest BCUT2D eigenvalue weighted by atomic mass is 9.97. The summed E-state index contributed by atoms with van der Waals surface area (Å²) in [6.07, 6.45) is -33.5. The molecule has 3 aromatic carbocycles. The summed E-state index contributed by atoms with van der Waals surface area (Å²) >= 11 is 0. The van der Waals surface area contributed by atoms with E-state index in [0.29, 0.717) is 0 Å². The molecule has 0 bridgehead atoms. The molecule has 0 amide bonds. The summed E-state index contributed by atoms with van der Waals surface area (Å²) in [6.45, 7) is 3.44. The average Bonchev–Trinajstić information content (AvgIpc) is 3.36. The van der Waals surface area contributed by atoms with Crippen LogP contribution in [0.1, 0.15) is 31.1 Å². The van der Waals surface area contributed by atoms with Crippen molar-refractivity contribution in [1.82, 2.24) is 0 Å². The molecule has 5 unspecified atom stereocenters. The molecule has 0 aliphatic carbocycles. The first-order valence-corrected chi connectivity index (χ1v) is 22.7. The number of ether oxygens (including phenoxy) is 10. The SMILES string of the molecule is COc1ccccc1C(=O)OC1[C@@H](O)[C@@H](C)O[C@@H](Oc2cc(O)c3c(=O)c(O[C@@H]4O[C@@H](CO[C@@H]5O[C@H](C)[C@H](O)C(O)[C@@H]5O)C(O)[C@H](O)C4O[C@H]4O[C@@H](C)[C@@H](O)C(O)[C@H]4O)c(-c4ccc(O)cc4)oc3c2)[C@H]1O. The lowest BCUT2D eigenvalue weighted by Crippen LogP contribution is -2.65. The summed E-state index contributed by atoms with van der Waals surface area (Å²) in [4.78, 5) is 28.0. The normalized spacial score (nSPS) is 37.2. The summed E-state index contributed by atoms with van der Waals surface area (Å²) < 4.78 is 63.5. The van der Waals surface area contributed by atoms with Crippen LogP contribution < -0.4 is 19.6 Å². The molecule has 12 N–H and O–H groups in total. The highest BCUT2D eigenvalue weighted by Gasteiger charge is 2.53. The quantitative estimate of drug-likeness (QED) is 0.0634. The number of benzene rings is 3. The lowest BCUT2D eigenvalue weighted by Gasteiger charge is -2.46. The van der Waals surface area contributed by atoms with Gasteiger partial charge in [0.05, 0.1) is 32.0 Å². The van der Waals surface area contributed by atoms with E-state index in [2.05, 4.69) is 0 Å². The van der Waals surface area contributed by atoms with Gasteiger partial charge in [0.25, 0.3) is 0 Å². The van der Waals surface area contributed by atoms with E-state index in [-0.39, 0.29) is 34.0 Å². The molecule has 1 aromatic heterocycles. The molecule has 25 nitrogen and oxygen atoms in total. The highest BCUT2D eigenvalue weighted by atomic mass is 16.8. The minimum atomic E-state index is -2.08. The number of phenolic OH excluding ortho intramolecular Hbond substituents is 2. The molecular formula is C47H56O25. The number of methoxy groups -OCH3 is 1. The van der Waals surface area contributed by atoms with E-state index < -0.39 is 163 Å². The van der Waals surface area contributed by atoms with Crippen molar-refractivity contribution < 1.29 is 118 Å². The number of hydrogen-bond donors (Lipinski definition) is 12. The number of esters is 1. The average molecular weight is 1020 g/mol. The number of aromatic hydroxyl groups is 2. The molecule has 4 aliphatic rings. The van der Waals surface area contributed by atoms with Crippen LogP contribution >= 0.6 is 0 Å². The van der Waals surface area contributed by atoms with Crippen LogP contribution in [0.2, 0.25) is 0 Å². The highest BCUT2D eigenvalue weighted by Crippen LogP contribution is 2.40. The molecular weight excluding hydrogens is 964 g/mol. The van der Waals surface area contributed by atoms with Gasteiger partial charge in [-0.05, 0) is 57.2 Å². The maximum absolute atomic E-state index is 14.7. The Bertz CT molecular complexity index is 2570. The zero-order chi connectivity index (χ0) is 52.0. The number of aliphatic hydroxyl groups excluding tert-OH is 10. The lowest BCUT2D eigenvalue weighted by molar-refractivity contribution is -0.360. The van der Waals surface area contributed by atoms with Crippen molar-refractivity contribution in [3.05, 3.63) is 76.5 Å². The van der Waals surface area contributed by atoms with Crippen LogP contribution in [0.15, 0.2) is 69.9 Å². The molecule has 25 heteroatoms. The summed E-state index contributed by atoms with van der Waals surface area (Å²) in [7, 11) is 1.34. The van der Waals surface area contributed by atoms with Gasteiger partial charge in [-0.15, -0.1) is 0 Å². The van der Waals surface area contributed by atoms with Crippen molar-refractivity contribution >= 4 is 16.9 Å². The molecule has 0 radical (unpaired) electrons. The van der Waals surface area contributed by atoms with Crippen LogP contribution in [0.25, 0.3) is 22.3 Å². The van der Waals surface area contributed by atoms with Crippen molar-refractivity contribution in [2.45, 2.75) is 144 Å². The molecule has 4 aromatic rings. The molecule has 0 saturated carbocycles. The number of carbonyl (C=O) groups excluding carboxylic acids is 1. The van der Waals surface area contributed by atoms with Crippen molar-refractivity contribution in [3.63, 3.8) is 0 Å². The molecule has 4 saturated heterocycles. The Balaban J connectivity index is 1.13. The smallest absolute Gasteiger partial charge is 0.342 e. The van der Waals surface area contributed by atoms with Gasteiger partial charge in [0.1, 0.15) is 101 Å². The first-order chi connectivity index (χ1) is 34.2. The Labute approximate surface area is 407 Å². The van der Waals surface area contributed by atoms with Crippen LogP contribution in [0.4, 0.5) is 0 Å². The number of aliphatic hydroxyl groups is 10. The zero-order valence-corrected chi connectivity index (χ0v) is 38.7. The second-order valence-electron chi connectivity index (χ2n) is 17.8. The largest absolute Gasteiger partial charge is 0.508 e. The first-order valence-electron chi connectivity index (χ1n) is 22.7. The minimum Gasteiger partial charge on any atom is -0.508 e. The van der Waals surface area contributed by atoms with Gasteiger partial charge in [0.15, 0.2) is 36.7 Å². The van der Waals surface area contributed by atoms with E-state index in [0.717, 1.165) is 12.1 Å². The zero-order valence-electron chi connectivity index (χ0n) is 38.7. The maximum Gasteiger partial charge on any atom is 0.342 e. The minimum absolute atomic E-state index is 0.00449. The van der Waals surface area contributed by atoms with E-state index in [1.54, 1.807) is 12.1 Å². The van der Waals surface area contributed by atoms with E-state index in [4.69, 9.17) is 51.8 Å². The van der Waals surface area contributed by atoms with E-state index in [9.17, 15) is 70.9 Å². The molecule has 4 aliphatic heterocycles. The number of carbonyl (C=O) groups is 1. The Morgan fingerprint density at radius 3 is 1.89 bits per heavy atom. The molecule has 394 valence electrons. The molecule has 20 atom stereocenters. The standard InChI is InChI=1S/C47H56O25/c1-16-28(50)33(55)36(58)44(64-16)63-15-26-31(53)35(57)42(72-45-37(59)34(56)29(51)17(2)65-45)47(69-26)71-41-32(54)27-23(49)13-21(14-25(27)68-39(41)19-9-11-20(48)12-10-19)67-46-38(60)40(30(52)18(3)66-46)70-43(61)22-7-5-6-8-24(22)62-4/h5-14,16-18,26,28-31,33-38,40,42,44-53,55-60H,15H2,1-4H3/t16-,17+,18-,26+,28+,29-,30+,31?,33?,34?,35+,36+,37-,38+,40?,42?,44-,45-,46+,47+/m1/s1. The van der Waals surface area contributed by atoms with Crippen molar-refractivity contribution in [2.24, 2.45) is 0 Å². The van der Waals surface area contributed by atoms with Gasteiger partial charge >= 0.3 is 5.97 Å². The molecule has 0 spiro atoms. The summed E-state index contributed by atoms with van der Waals surface area (Å²) in [5.41, 5.74) is -1.45. The third-order valence-corrected chi connectivity index (χ3v) is 12.9. The molecule has 8 rings (SSSR count). The summed E-state index contributed by atoms with van der Waals surface area (Å²) in [5.74, 6) is -3.25. The van der Waals surface area contributed by atoms with Gasteiger partial charge < -0.3 is 113 Å². The first kappa shape index (κ1) is 53.0. The van der Waals surface area contributed by atoms with Crippen LogP contribution in [0.5, 0.6) is 28.7 Å². The Hall–Kier alpha value is -5.30. The topological polar surface area (TPSA) is 382 Å². The predicted molar refractivity (Wildman–Crippen MR) is 237 cm³/mol. The van der Waals surface area contributed by atoms with Crippen LogP contribution in [0, 0.1) is 0 Å². The molecule has 72 heavy (non-hydrogen) atoms. The van der Waals surface area contributed by atoms with E-state index in [1.807, 2.05) is 0 Å². The van der Waals surface area contributed by atoms with Crippen molar-refractivity contribution in [3.8, 4) is 40.1 Å². The second kappa shape index (κ2) is 21.7. The van der Waals surface area contributed by atoms with Crippen LogP contribution in [-0.2, 0) is 33.2 Å². The number of fused-ring (bicyclic) bond motifs is 1. The fraction of sp³-hybridized carbons (Fsp3) is 0.532. The van der Waals surface area contributed by atoms with Gasteiger partial charge in [-0.2, -0.15) is 0 Å². The summed E-state index contributed by atoms with van der Waals surface area (Å²) in [5, 5.41) is 129. The van der Waals surface area contributed by atoms with Crippen LogP contribution in [0.3, 0.4) is 0 Å². The number of phenols is 2. The van der Waals surface area contributed by atoms with Gasteiger partial charge in [-0.1, -0.05) is 12.1 Å². The molecule has 5 heterocycles. The van der Waals surface area contributed by atoms with Crippen LogP contribution in [-0.4, -0.2) is 204 Å². The predicted octanol–water partition coefficient (Wildman–Crippen LogP) is -2.17. The molecule has 4 fully saturated rings. The van der Waals surface area contributed by atoms with Gasteiger partial charge in [0, 0.05) is 17.7 Å². The van der Waals surface area contributed by atoms with Crippen molar-refractivity contribution in [1.29, 1.82) is 0 Å². The third-order valence-electron chi connectivity index (χ3n) is 12.9. The number of rotatable bonds is 13. The number of hydrogen-bond acceptors (Lipinski definition) is 25. The van der Waals surface area contributed by atoms with Gasteiger partial charge in [-0.3, -0.25) is 4.79 Å². The number of para-hydroxylation sites is 1. The Morgan fingerprint density at radius 2 is 1.22 bits per heavy atom.